The first-order valence-electron chi connectivity index (χ1n) is 11.2. The molecule has 0 aliphatic carbocycles. The summed E-state index contributed by atoms with van der Waals surface area (Å²) in [6.45, 7) is 2.75. The van der Waals surface area contributed by atoms with Gasteiger partial charge in [0.15, 0.2) is 6.29 Å². The molecule has 0 bridgehead atoms. The van der Waals surface area contributed by atoms with Crippen molar-refractivity contribution in [2.75, 3.05) is 31.1 Å². The summed E-state index contributed by atoms with van der Waals surface area (Å²) >= 11 is 6.16. The second-order valence-electron chi connectivity index (χ2n) is 8.82. The molecule has 0 N–H and O–H groups in total. The molecule has 2 heterocycles. The average Bonchev–Trinajstić information content (AvgIpc) is 2.83. The number of piperidine rings is 2. The Morgan fingerprint density at radius 2 is 1.55 bits per heavy atom. The molecule has 0 spiro atoms. The van der Waals surface area contributed by atoms with Crippen LogP contribution < -0.4 is 4.90 Å². The lowest BCUT2D eigenvalue weighted by Crippen LogP contribution is -2.43. The van der Waals surface area contributed by atoms with E-state index in [1.54, 1.807) is 11.0 Å². The fourth-order valence-corrected chi connectivity index (χ4v) is 5.32. The van der Waals surface area contributed by atoms with E-state index in [9.17, 15) is 22.8 Å². The molecule has 4 nitrogen and oxygen atoms in total. The maximum absolute atomic E-state index is 13.3. The number of rotatable bonds is 4. The van der Waals surface area contributed by atoms with Gasteiger partial charge in [0.05, 0.1) is 16.1 Å². The van der Waals surface area contributed by atoms with Crippen molar-refractivity contribution in [3.63, 3.8) is 0 Å². The number of nitrogens with zero attached hydrogens (tertiary/aromatic N) is 2. The second-order valence-corrected chi connectivity index (χ2v) is 9.23. The highest BCUT2D eigenvalue weighted by atomic mass is 35.5. The summed E-state index contributed by atoms with van der Waals surface area (Å²) in [5.41, 5.74) is 0.351. The minimum atomic E-state index is -4.55. The zero-order valence-corrected chi connectivity index (χ0v) is 18.9. The van der Waals surface area contributed by atoms with Crippen LogP contribution in [0.5, 0.6) is 0 Å². The van der Waals surface area contributed by atoms with Crippen LogP contribution in [0.1, 0.15) is 52.0 Å². The number of benzene rings is 2. The first kappa shape index (κ1) is 23.6. The summed E-state index contributed by atoms with van der Waals surface area (Å²) in [5.74, 6) is 0.465. The molecular formula is C25H26ClF3N2O2. The number of amides is 1. The second kappa shape index (κ2) is 9.75. The van der Waals surface area contributed by atoms with E-state index in [0.717, 1.165) is 56.8 Å². The molecule has 33 heavy (non-hydrogen) atoms. The molecule has 0 aromatic heterocycles. The van der Waals surface area contributed by atoms with Gasteiger partial charge in [-0.15, -0.1) is 0 Å². The number of alkyl halides is 3. The standard InChI is InChI=1S/C25H26ClF3N2O2/c26-23-15-20(6-5-19(23)16-32)30-11-7-17(8-12-30)18-9-13-31(14-10-18)24(33)21-3-1-2-4-22(21)25(27,28)29/h1-6,15-18H,7-14H2. The maximum atomic E-state index is 13.3. The van der Waals surface area contributed by atoms with Gasteiger partial charge in [-0.2, -0.15) is 13.2 Å². The van der Waals surface area contributed by atoms with E-state index in [1.165, 1.54) is 18.2 Å². The number of hydrogen-bond acceptors (Lipinski definition) is 3. The van der Waals surface area contributed by atoms with Gasteiger partial charge in [0.1, 0.15) is 0 Å². The molecular weight excluding hydrogens is 453 g/mol. The third-order valence-corrected chi connectivity index (χ3v) is 7.30. The van der Waals surface area contributed by atoms with Crippen molar-refractivity contribution in [1.29, 1.82) is 0 Å². The predicted molar refractivity (Wildman–Crippen MR) is 122 cm³/mol. The first-order valence-corrected chi connectivity index (χ1v) is 11.6. The minimum Gasteiger partial charge on any atom is -0.371 e. The van der Waals surface area contributed by atoms with Crippen LogP contribution in [0.3, 0.4) is 0 Å². The van der Waals surface area contributed by atoms with Crippen LogP contribution in [-0.4, -0.2) is 43.3 Å². The molecule has 2 fully saturated rings. The molecule has 4 rings (SSSR count). The fourth-order valence-electron chi connectivity index (χ4n) is 5.10. The number of carbonyl (C=O) groups is 2. The summed E-state index contributed by atoms with van der Waals surface area (Å²) in [6, 6.07) is 10.5. The van der Waals surface area contributed by atoms with Crippen molar-refractivity contribution in [1.82, 2.24) is 4.90 Å². The average molecular weight is 479 g/mol. The van der Waals surface area contributed by atoms with E-state index >= 15 is 0 Å². The topological polar surface area (TPSA) is 40.6 Å². The molecule has 0 atom stereocenters. The lowest BCUT2D eigenvalue weighted by atomic mass is 9.78. The Kier molecular flexibility index (Phi) is 6.98. The Morgan fingerprint density at radius 3 is 2.12 bits per heavy atom. The van der Waals surface area contributed by atoms with Gasteiger partial charge in [0.2, 0.25) is 0 Å². The van der Waals surface area contributed by atoms with Crippen LogP contribution in [0.2, 0.25) is 5.02 Å². The highest BCUT2D eigenvalue weighted by Crippen LogP contribution is 2.36. The van der Waals surface area contributed by atoms with Gasteiger partial charge in [-0.1, -0.05) is 23.7 Å². The highest BCUT2D eigenvalue weighted by molar-refractivity contribution is 6.33. The predicted octanol–water partition coefficient (Wildman–Crippen LogP) is 5.94. The van der Waals surface area contributed by atoms with E-state index in [1.807, 2.05) is 12.1 Å². The van der Waals surface area contributed by atoms with E-state index in [-0.39, 0.29) is 5.56 Å². The molecule has 8 heteroatoms. The SMILES string of the molecule is O=Cc1ccc(N2CCC(C3CCN(C(=O)c4ccccc4C(F)(F)F)CC3)CC2)cc1Cl. The van der Waals surface area contributed by atoms with Crippen molar-refractivity contribution in [2.24, 2.45) is 11.8 Å². The number of aldehydes is 1. The summed E-state index contributed by atoms with van der Waals surface area (Å²) in [4.78, 5) is 27.6. The molecule has 0 unspecified atom stereocenters. The summed E-state index contributed by atoms with van der Waals surface area (Å²) < 4.78 is 39.9. The van der Waals surface area contributed by atoms with Crippen LogP contribution in [-0.2, 0) is 6.18 Å². The Labute approximate surface area is 196 Å². The lowest BCUT2D eigenvalue weighted by Gasteiger charge is -2.41. The Balaban J connectivity index is 1.32. The highest BCUT2D eigenvalue weighted by Gasteiger charge is 2.37. The molecule has 0 radical (unpaired) electrons. The van der Waals surface area contributed by atoms with Crippen molar-refractivity contribution < 1.29 is 22.8 Å². The lowest BCUT2D eigenvalue weighted by molar-refractivity contribution is -0.138. The van der Waals surface area contributed by atoms with Gasteiger partial charge >= 0.3 is 6.18 Å². The van der Waals surface area contributed by atoms with Crippen molar-refractivity contribution in [3.05, 3.63) is 64.2 Å². The molecule has 2 aromatic carbocycles. The summed E-state index contributed by atoms with van der Waals surface area (Å²) in [6.07, 6.45) is -0.145. The molecule has 2 aliphatic rings. The van der Waals surface area contributed by atoms with Gasteiger partial charge < -0.3 is 9.80 Å². The van der Waals surface area contributed by atoms with E-state index in [2.05, 4.69) is 4.90 Å². The molecule has 2 aromatic rings. The van der Waals surface area contributed by atoms with Crippen LogP contribution in [0.15, 0.2) is 42.5 Å². The zero-order chi connectivity index (χ0) is 23.6. The van der Waals surface area contributed by atoms with Crippen LogP contribution in [0.25, 0.3) is 0 Å². The summed E-state index contributed by atoms with van der Waals surface area (Å²) in [5, 5.41) is 0.453. The number of hydrogen-bond donors (Lipinski definition) is 0. The van der Waals surface area contributed by atoms with Crippen LogP contribution in [0, 0.1) is 11.8 Å². The van der Waals surface area contributed by atoms with E-state index in [0.29, 0.717) is 35.5 Å². The van der Waals surface area contributed by atoms with Crippen LogP contribution >= 0.6 is 11.6 Å². The van der Waals surface area contributed by atoms with E-state index < -0.39 is 17.6 Å². The molecule has 176 valence electrons. The van der Waals surface area contributed by atoms with Gasteiger partial charge in [-0.05, 0) is 67.9 Å². The van der Waals surface area contributed by atoms with Crippen LogP contribution in [0.4, 0.5) is 18.9 Å². The minimum absolute atomic E-state index is 0.268. The largest absolute Gasteiger partial charge is 0.417 e. The molecule has 2 aliphatic heterocycles. The fraction of sp³-hybridized carbons (Fsp3) is 0.440. The van der Waals surface area contributed by atoms with Gasteiger partial charge in [0.25, 0.3) is 5.91 Å². The Morgan fingerprint density at radius 1 is 0.939 bits per heavy atom. The first-order chi connectivity index (χ1) is 15.8. The van der Waals surface area contributed by atoms with Gasteiger partial charge in [-0.3, -0.25) is 9.59 Å². The third kappa shape index (κ3) is 5.18. The number of likely N-dealkylation sites (tertiary alicyclic amines) is 1. The zero-order valence-electron chi connectivity index (χ0n) is 18.2. The third-order valence-electron chi connectivity index (χ3n) is 6.97. The van der Waals surface area contributed by atoms with E-state index in [4.69, 9.17) is 11.6 Å². The Hall–Kier alpha value is -2.54. The quantitative estimate of drug-likeness (QED) is 0.510. The molecule has 0 saturated carbocycles. The van der Waals surface area contributed by atoms with Crippen molar-refractivity contribution >= 4 is 29.5 Å². The summed E-state index contributed by atoms with van der Waals surface area (Å²) in [7, 11) is 0. The van der Waals surface area contributed by atoms with Gasteiger partial charge in [-0.25, -0.2) is 0 Å². The van der Waals surface area contributed by atoms with Crippen molar-refractivity contribution in [2.45, 2.75) is 31.9 Å². The molecule has 2 saturated heterocycles. The molecule has 1 amide bonds. The number of anilines is 1. The maximum Gasteiger partial charge on any atom is 0.417 e. The number of carbonyl (C=O) groups excluding carboxylic acids is 2. The normalized spacial score (nSPS) is 18.4. The Bertz CT molecular complexity index is 1010. The smallest absolute Gasteiger partial charge is 0.371 e. The monoisotopic (exact) mass is 478 g/mol. The number of halogens is 4. The van der Waals surface area contributed by atoms with Crippen molar-refractivity contribution in [3.8, 4) is 0 Å². The van der Waals surface area contributed by atoms with Gasteiger partial charge in [0, 0.05) is 37.4 Å².